The fraction of sp³-hybridized carbons (Fsp3) is 0.875. The van der Waals surface area contributed by atoms with E-state index < -0.39 is 5.97 Å². The van der Waals surface area contributed by atoms with Gasteiger partial charge in [-0.05, 0) is 26.2 Å². The van der Waals surface area contributed by atoms with Gasteiger partial charge in [0.25, 0.3) is 0 Å². The van der Waals surface area contributed by atoms with Crippen LogP contribution in [0, 0.1) is 5.92 Å². The number of carboxylic acids is 1. The highest BCUT2D eigenvalue weighted by molar-refractivity contribution is 5.70. The summed E-state index contributed by atoms with van der Waals surface area (Å²) in [6.45, 7) is 2.01. The first-order valence-electron chi connectivity index (χ1n) is 4.02. The molecule has 0 aromatic heterocycles. The van der Waals surface area contributed by atoms with Gasteiger partial charge in [0.15, 0.2) is 0 Å². The molecule has 2 fully saturated rings. The Morgan fingerprint density at radius 1 is 1.64 bits per heavy atom. The van der Waals surface area contributed by atoms with E-state index in [1.165, 1.54) is 0 Å². The van der Waals surface area contributed by atoms with E-state index in [2.05, 4.69) is 0 Å². The van der Waals surface area contributed by atoms with Gasteiger partial charge in [-0.2, -0.15) is 0 Å². The van der Waals surface area contributed by atoms with Gasteiger partial charge in [-0.1, -0.05) is 0 Å². The lowest BCUT2D eigenvalue weighted by molar-refractivity contribution is -0.142. The third-order valence-corrected chi connectivity index (χ3v) is 2.81. The number of hydrogen-bond acceptors (Lipinski definition) is 2. The number of fused-ring (bicyclic) bond motifs is 1. The molecule has 0 aromatic rings. The summed E-state index contributed by atoms with van der Waals surface area (Å²) in [6.07, 6.45) is 2.77. The van der Waals surface area contributed by atoms with Crippen molar-refractivity contribution in [1.82, 2.24) is 0 Å². The molecule has 11 heavy (non-hydrogen) atoms. The van der Waals surface area contributed by atoms with Crippen molar-refractivity contribution in [2.24, 2.45) is 5.92 Å². The highest BCUT2D eigenvalue weighted by atomic mass is 16.6. The summed E-state index contributed by atoms with van der Waals surface area (Å²) in [5.74, 6) is -0.834. The lowest BCUT2D eigenvalue weighted by Crippen LogP contribution is -2.27. The topological polar surface area (TPSA) is 49.8 Å². The fourth-order valence-corrected chi connectivity index (χ4v) is 1.99. The maximum absolute atomic E-state index is 10.6. The minimum Gasteiger partial charge on any atom is -0.481 e. The van der Waals surface area contributed by atoms with Crippen LogP contribution in [0.1, 0.15) is 26.2 Å². The molecule has 0 aromatic carbocycles. The first-order valence-corrected chi connectivity index (χ1v) is 4.02. The number of hydrogen-bond donors (Lipinski definition) is 1. The molecule has 0 bridgehead atoms. The molecule has 3 atom stereocenters. The summed E-state index contributed by atoms with van der Waals surface area (Å²) in [5, 5.41) is 8.73. The van der Waals surface area contributed by atoms with Gasteiger partial charge < -0.3 is 9.84 Å². The summed E-state index contributed by atoms with van der Waals surface area (Å²) in [4.78, 5) is 10.6. The molecule has 62 valence electrons. The molecule has 2 rings (SSSR count). The molecule has 0 amide bonds. The minimum atomic E-state index is -0.667. The summed E-state index contributed by atoms with van der Waals surface area (Å²) < 4.78 is 5.38. The number of epoxide rings is 1. The number of carbonyl (C=O) groups is 1. The van der Waals surface area contributed by atoms with E-state index in [-0.39, 0.29) is 11.5 Å². The van der Waals surface area contributed by atoms with Crippen LogP contribution < -0.4 is 0 Å². The maximum atomic E-state index is 10.6. The van der Waals surface area contributed by atoms with Crippen molar-refractivity contribution in [2.75, 3.05) is 0 Å². The molecule has 1 aliphatic heterocycles. The van der Waals surface area contributed by atoms with Crippen molar-refractivity contribution in [3.05, 3.63) is 0 Å². The average molecular weight is 156 g/mol. The highest BCUT2D eigenvalue weighted by Crippen LogP contribution is 2.49. The molecule has 0 spiro atoms. The van der Waals surface area contributed by atoms with Crippen LogP contribution in [0.5, 0.6) is 0 Å². The minimum absolute atomic E-state index is 0.0820. The Morgan fingerprint density at radius 2 is 2.36 bits per heavy atom. The van der Waals surface area contributed by atoms with Crippen molar-refractivity contribution in [3.63, 3.8) is 0 Å². The standard InChI is InChI=1S/C8H12O3/c1-8-4-5(7(9)10)2-3-6(8)11-8/h5-6H,2-4H2,1H3,(H,9,10)/t5-,6-,8+/m0/s1. The molecular formula is C8H12O3. The van der Waals surface area contributed by atoms with E-state index in [4.69, 9.17) is 9.84 Å². The molecule has 1 saturated carbocycles. The Kier molecular flexibility index (Phi) is 1.27. The van der Waals surface area contributed by atoms with E-state index in [1.807, 2.05) is 6.92 Å². The lowest BCUT2D eigenvalue weighted by atomic mass is 9.82. The van der Waals surface area contributed by atoms with Crippen LogP contribution in [0.25, 0.3) is 0 Å². The van der Waals surface area contributed by atoms with Gasteiger partial charge in [0.05, 0.1) is 17.6 Å². The number of carboxylic acid groups (broad SMARTS) is 1. The molecule has 1 N–H and O–H groups in total. The quantitative estimate of drug-likeness (QED) is 0.577. The van der Waals surface area contributed by atoms with E-state index in [1.54, 1.807) is 0 Å². The summed E-state index contributed by atoms with van der Waals surface area (Å²) in [7, 11) is 0. The largest absolute Gasteiger partial charge is 0.481 e. The van der Waals surface area contributed by atoms with Gasteiger partial charge >= 0.3 is 5.97 Å². The van der Waals surface area contributed by atoms with E-state index in [9.17, 15) is 4.79 Å². The number of rotatable bonds is 1. The smallest absolute Gasteiger partial charge is 0.306 e. The van der Waals surface area contributed by atoms with Gasteiger partial charge in [-0.15, -0.1) is 0 Å². The molecule has 2 aliphatic rings. The molecular weight excluding hydrogens is 144 g/mol. The van der Waals surface area contributed by atoms with Gasteiger partial charge in [0.1, 0.15) is 0 Å². The maximum Gasteiger partial charge on any atom is 0.306 e. The van der Waals surface area contributed by atoms with Crippen LogP contribution in [0.2, 0.25) is 0 Å². The van der Waals surface area contributed by atoms with Gasteiger partial charge in [0, 0.05) is 0 Å². The van der Waals surface area contributed by atoms with Gasteiger partial charge in [-0.25, -0.2) is 0 Å². The Bertz CT molecular complexity index is 202. The second-order valence-corrected chi connectivity index (χ2v) is 3.74. The second-order valence-electron chi connectivity index (χ2n) is 3.74. The van der Waals surface area contributed by atoms with Crippen LogP contribution in [0.15, 0.2) is 0 Å². The molecule has 0 radical (unpaired) electrons. The van der Waals surface area contributed by atoms with E-state index >= 15 is 0 Å². The monoisotopic (exact) mass is 156 g/mol. The molecule has 1 saturated heterocycles. The zero-order valence-corrected chi connectivity index (χ0v) is 6.54. The Balaban J connectivity index is 2.02. The van der Waals surface area contributed by atoms with Crippen LogP contribution in [-0.2, 0) is 9.53 Å². The average Bonchev–Trinajstić information content (AvgIpc) is 2.58. The van der Waals surface area contributed by atoms with Crippen molar-refractivity contribution >= 4 is 5.97 Å². The molecule has 1 heterocycles. The molecule has 3 nitrogen and oxygen atoms in total. The fourth-order valence-electron chi connectivity index (χ4n) is 1.99. The van der Waals surface area contributed by atoms with Crippen LogP contribution in [0.3, 0.4) is 0 Å². The SMILES string of the molecule is C[C@@]12C[C@@H](C(=O)O)CC[C@@H]1O2. The van der Waals surface area contributed by atoms with Crippen LogP contribution >= 0.6 is 0 Å². The van der Waals surface area contributed by atoms with Crippen molar-refractivity contribution in [3.8, 4) is 0 Å². The van der Waals surface area contributed by atoms with Crippen LogP contribution in [0.4, 0.5) is 0 Å². The normalized spacial score (nSPS) is 48.1. The predicted octanol–water partition coefficient (Wildman–Crippen LogP) is 1.03. The summed E-state index contributed by atoms with van der Waals surface area (Å²) >= 11 is 0. The number of ether oxygens (including phenoxy) is 1. The third kappa shape index (κ3) is 1.03. The number of aliphatic carboxylic acids is 1. The summed E-state index contributed by atoms with van der Waals surface area (Å²) in [6, 6.07) is 0. The van der Waals surface area contributed by atoms with Crippen LogP contribution in [-0.4, -0.2) is 22.8 Å². The van der Waals surface area contributed by atoms with Crippen molar-refractivity contribution in [1.29, 1.82) is 0 Å². The first kappa shape index (κ1) is 7.10. The predicted molar refractivity (Wildman–Crippen MR) is 38.3 cm³/mol. The lowest BCUT2D eigenvalue weighted by Gasteiger charge is -2.18. The van der Waals surface area contributed by atoms with Gasteiger partial charge in [-0.3, -0.25) is 4.79 Å². The summed E-state index contributed by atoms with van der Waals surface area (Å²) in [5.41, 5.74) is -0.0820. The highest BCUT2D eigenvalue weighted by Gasteiger charge is 2.56. The van der Waals surface area contributed by atoms with Crippen molar-refractivity contribution < 1.29 is 14.6 Å². The first-order chi connectivity index (χ1) is 5.12. The van der Waals surface area contributed by atoms with E-state index in [0.717, 1.165) is 12.8 Å². The van der Waals surface area contributed by atoms with E-state index in [0.29, 0.717) is 12.5 Å². The molecule has 0 unspecified atom stereocenters. The second kappa shape index (κ2) is 1.97. The van der Waals surface area contributed by atoms with Gasteiger partial charge in [0.2, 0.25) is 0 Å². The molecule has 3 heteroatoms. The van der Waals surface area contributed by atoms with Crippen molar-refractivity contribution in [2.45, 2.75) is 37.9 Å². The zero-order chi connectivity index (χ0) is 8.06. The Morgan fingerprint density at radius 3 is 2.91 bits per heavy atom. The Hall–Kier alpha value is -0.570. The Labute approximate surface area is 65.4 Å². The molecule has 1 aliphatic carbocycles. The zero-order valence-electron chi connectivity index (χ0n) is 6.54. The third-order valence-electron chi connectivity index (χ3n) is 2.81.